The molecule has 0 spiro atoms. The highest BCUT2D eigenvalue weighted by Crippen LogP contribution is 2.37. The van der Waals surface area contributed by atoms with Gasteiger partial charge in [-0.15, -0.1) is 22.7 Å². The second kappa shape index (κ2) is 8.35. The lowest BCUT2D eigenvalue weighted by atomic mass is 10.1. The fourth-order valence-electron chi connectivity index (χ4n) is 3.95. The molecule has 0 aromatic carbocycles. The third-order valence-electron chi connectivity index (χ3n) is 5.51. The number of ether oxygens (including phenoxy) is 1. The first-order valence-electron chi connectivity index (χ1n) is 10.2. The second-order valence-electron chi connectivity index (χ2n) is 7.56. The van der Waals surface area contributed by atoms with E-state index in [4.69, 9.17) is 10.5 Å². The van der Waals surface area contributed by atoms with E-state index in [0.717, 1.165) is 29.5 Å². The minimum atomic E-state index is -0.429. The number of nitrogens with zero attached hydrogens (tertiary/aromatic N) is 4. The number of esters is 1. The van der Waals surface area contributed by atoms with Gasteiger partial charge in [-0.25, -0.2) is 15.0 Å². The van der Waals surface area contributed by atoms with Gasteiger partial charge in [-0.1, -0.05) is 6.42 Å². The minimum Gasteiger partial charge on any atom is -0.457 e. The Labute approximate surface area is 185 Å². The summed E-state index contributed by atoms with van der Waals surface area (Å²) in [6.45, 7) is 0.161. The fourth-order valence-corrected chi connectivity index (χ4v) is 5.97. The number of hydrogen-bond donors (Lipinski definition) is 1. The Balaban J connectivity index is 1.25. The van der Waals surface area contributed by atoms with E-state index in [1.54, 1.807) is 17.4 Å². The van der Waals surface area contributed by atoms with Crippen molar-refractivity contribution in [1.29, 1.82) is 0 Å². The van der Waals surface area contributed by atoms with E-state index in [-0.39, 0.29) is 25.1 Å². The Morgan fingerprint density at radius 3 is 2.97 bits per heavy atom. The normalized spacial score (nSPS) is 13.9. The molecule has 1 aliphatic carbocycles. The van der Waals surface area contributed by atoms with Crippen LogP contribution in [-0.4, -0.2) is 25.5 Å². The van der Waals surface area contributed by atoms with Crippen LogP contribution < -0.4 is 11.3 Å². The number of fused-ring (bicyclic) bond motifs is 4. The third kappa shape index (κ3) is 3.92. The summed E-state index contributed by atoms with van der Waals surface area (Å²) in [5.41, 5.74) is 7.38. The SMILES string of the molecule is Nc1nc(COC(=O)CCn2cnc3sccc3c2=O)nc2sc3c(c12)CCCCC3. The number of hydrogen-bond acceptors (Lipinski definition) is 9. The zero-order chi connectivity index (χ0) is 21.4. The van der Waals surface area contributed by atoms with Crippen LogP contribution in [0.3, 0.4) is 0 Å². The van der Waals surface area contributed by atoms with E-state index < -0.39 is 5.97 Å². The van der Waals surface area contributed by atoms with Gasteiger partial charge in [0.05, 0.1) is 23.5 Å². The maximum absolute atomic E-state index is 12.4. The van der Waals surface area contributed by atoms with Gasteiger partial charge in [0, 0.05) is 11.4 Å². The number of thiophene rings is 2. The molecular weight excluding hydrogens is 434 g/mol. The molecule has 4 aromatic rings. The van der Waals surface area contributed by atoms with E-state index in [0.29, 0.717) is 21.9 Å². The van der Waals surface area contributed by atoms with E-state index in [1.807, 2.05) is 5.38 Å². The lowest BCUT2D eigenvalue weighted by Gasteiger charge is -2.07. The van der Waals surface area contributed by atoms with Crippen LogP contribution in [0, 0.1) is 0 Å². The summed E-state index contributed by atoms with van der Waals surface area (Å²) < 4.78 is 6.77. The van der Waals surface area contributed by atoms with Crippen LogP contribution in [0.5, 0.6) is 0 Å². The van der Waals surface area contributed by atoms with Crippen molar-refractivity contribution in [2.45, 2.75) is 51.7 Å². The molecule has 0 fully saturated rings. The zero-order valence-corrected chi connectivity index (χ0v) is 18.4. The van der Waals surface area contributed by atoms with Crippen molar-refractivity contribution < 1.29 is 9.53 Å². The Morgan fingerprint density at radius 1 is 1.19 bits per heavy atom. The van der Waals surface area contributed by atoms with Crippen LogP contribution in [0.4, 0.5) is 5.82 Å². The molecule has 0 bridgehead atoms. The minimum absolute atomic E-state index is 0.0434. The summed E-state index contributed by atoms with van der Waals surface area (Å²) in [6, 6.07) is 1.74. The highest BCUT2D eigenvalue weighted by molar-refractivity contribution is 7.19. The molecule has 2 N–H and O–H groups in total. The van der Waals surface area contributed by atoms with Crippen LogP contribution in [0.25, 0.3) is 20.4 Å². The first kappa shape index (κ1) is 20.1. The van der Waals surface area contributed by atoms with Crippen LogP contribution in [0.1, 0.15) is 41.9 Å². The molecule has 8 nitrogen and oxygen atoms in total. The van der Waals surface area contributed by atoms with Gasteiger partial charge in [-0.05, 0) is 42.7 Å². The first-order chi connectivity index (χ1) is 15.1. The van der Waals surface area contributed by atoms with Crippen molar-refractivity contribution in [3.8, 4) is 0 Å². The molecule has 0 aliphatic heterocycles. The molecule has 5 rings (SSSR count). The molecule has 0 atom stereocenters. The second-order valence-corrected chi connectivity index (χ2v) is 9.54. The predicted octanol–water partition coefficient (Wildman–Crippen LogP) is 3.45. The number of nitrogens with two attached hydrogens (primary N) is 1. The highest BCUT2D eigenvalue weighted by atomic mass is 32.1. The molecule has 160 valence electrons. The van der Waals surface area contributed by atoms with Gasteiger partial charge >= 0.3 is 5.97 Å². The number of carbonyl (C=O) groups is 1. The lowest BCUT2D eigenvalue weighted by Crippen LogP contribution is -2.22. The molecule has 0 unspecified atom stereocenters. The van der Waals surface area contributed by atoms with Gasteiger partial charge in [0.25, 0.3) is 5.56 Å². The molecule has 0 saturated heterocycles. The summed E-state index contributed by atoms with van der Waals surface area (Å²) in [5.74, 6) is 0.423. The fraction of sp³-hybridized carbons (Fsp3) is 0.381. The van der Waals surface area contributed by atoms with Crippen molar-refractivity contribution >= 4 is 54.9 Å². The predicted molar refractivity (Wildman–Crippen MR) is 121 cm³/mol. The molecule has 1 aliphatic rings. The van der Waals surface area contributed by atoms with Crippen molar-refractivity contribution in [2.24, 2.45) is 0 Å². The summed E-state index contributed by atoms with van der Waals surface area (Å²) in [5, 5.41) is 3.35. The molecule has 10 heteroatoms. The van der Waals surface area contributed by atoms with E-state index in [2.05, 4.69) is 15.0 Å². The maximum atomic E-state index is 12.4. The monoisotopic (exact) mass is 455 g/mol. The number of nitrogen functional groups attached to an aromatic ring is 1. The Hall–Kier alpha value is -2.85. The summed E-state index contributed by atoms with van der Waals surface area (Å²) >= 11 is 3.08. The van der Waals surface area contributed by atoms with Crippen LogP contribution in [0.2, 0.25) is 0 Å². The van der Waals surface area contributed by atoms with Gasteiger partial charge in [0.2, 0.25) is 0 Å². The summed E-state index contributed by atoms with van der Waals surface area (Å²) in [4.78, 5) is 40.7. The quantitative estimate of drug-likeness (QED) is 0.362. The third-order valence-corrected chi connectivity index (χ3v) is 7.51. The standard InChI is InChI=1S/C21H21N5O3S2/c22-18-17-12-4-2-1-3-5-14(12)31-20(17)25-15(24-18)10-29-16(27)6-8-26-11-23-19-13(21(26)28)7-9-30-19/h7,9,11H,1-6,8,10H2,(H2,22,24,25). The molecule has 4 aromatic heterocycles. The number of aromatic nitrogens is 4. The molecule has 0 amide bonds. The zero-order valence-electron chi connectivity index (χ0n) is 16.8. The smallest absolute Gasteiger partial charge is 0.308 e. The van der Waals surface area contributed by atoms with Crippen molar-refractivity contribution in [3.05, 3.63) is 44.4 Å². The molecule has 4 heterocycles. The summed E-state index contributed by atoms with van der Waals surface area (Å²) in [7, 11) is 0. The van der Waals surface area contributed by atoms with E-state index >= 15 is 0 Å². The molecule has 0 radical (unpaired) electrons. The van der Waals surface area contributed by atoms with Crippen LogP contribution in [-0.2, 0) is 35.5 Å². The first-order valence-corrected chi connectivity index (χ1v) is 11.9. The van der Waals surface area contributed by atoms with Crippen molar-refractivity contribution in [3.63, 3.8) is 0 Å². The van der Waals surface area contributed by atoms with Gasteiger partial charge in [0.15, 0.2) is 12.4 Å². The molecular formula is C21H21N5O3S2. The number of aryl methyl sites for hydroxylation is 3. The summed E-state index contributed by atoms with van der Waals surface area (Å²) in [6.07, 6.45) is 7.19. The maximum Gasteiger partial charge on any atom is 0.308 e. The van der Waals surface area contributed by atoms with Gasteiger partial charge in [0.1, 0.15) is 15.5 Å². The van der Waals surface area contributed by atoms with Gasteiger partial charge in [-0.3, -0.25) is 14.2 Å². The highest BCUT2D eigenvalue weighted by Gasteiger charge is 2.19. The van der Waals surface area contributed by atoms with Gasteiger partial charge in [-0.2, -0.15) is 0 Å². The van der Waals surface area contributed by atoms with Crippen LogP contribution in [0.15, 0.2) is 22.6 Å². The topological polar surface area (TPSA) is 113 Å². The average Bonchev–Trinajstić information content (AvgIpc) is 3.31. The Morgan fingerprint density at radius 2 is 2.06 bits per heavy atom. The Bertz CT molecular complexity index is 1340. The van der Waals surface area contributed by atoms with Crippen LogP contribution >= 0.6 is 22.7 Å². The number of carbonyl (C=O) groups excluding carboxylic acids is 1. The lowest BCUT2D eigenvalue weighted by molar-refractivity contribution is -0.145. The van der Waals surface area contributed by atoms with E-state index in [1.165, 1.54) is 45.5 Å². The van der Waals surface area contributed by atoms with Gasteiger partial charge < -0.3 is 10.5 Å². The Kier molecular flexibility index (Phi) is 5.41. The molecule has 31 heavy (non-hydrogen) atoms. The number of rotatable bonds is 5. The number of anilines is 1. The molecule has 0 saturated carbocycles. The van der Waals surface area contributed by atoms with Crippen molar-refractivity contribution in [2.75, 3.05) is 5.73 Å². The average molecular weight is 456 g/mol. The van der Waals surface area contributed by atoms with Crippen molar-refractivity contribution in [1.82, 2.24) is 19.5 Å². The van der Waals surface area contributed by atoms with E-state index in [9.17, 15) is 9.59 Å². The largest absolute Gasteiger partial charge is 0.457 e.